The van der Waals surface area contributed by atoms with E-state index in [1.165, 1.54) is 25.7 Å². The second kappa shape index (κ2) is 6.00. The van der Waals surface area contributed by atoms with Gasteiger partial charge in [0.15, 0.2) is 0 Å². The maximum absolute atomic E-state index is 11.7. The molecule has 0 amide bonds. The largest absolute Gasteiger partial charge is 0.398 e. The lowest BCUT2D eigenvalue weighted by molar-refractivity contribution is 0.124. The molecule has 1 heterocycles. The average Bonchev–Trinajstić information content (AvgIpc) is 2.39. The fraction of sp³-hybridized carbons (Fsp3) is 0.688. The van der Waals surface area contributed by atoms with E-state index in [0.29, 0.717) is 23.7 Å². The number of aromatic nitrogens is 1. The summed E-state index contributed by atoms with van der Waals surface area (Å²) in [6.07, 6.45) is 6.84. The van der Waals surface area contributed by atoms with Gasteiger partial charge in [-0.1, -0.05) is 13.8 Å². The van der Waals surface area contributed by atoms with Crippen molar-refractivity contribution in [2.24, 2.45) is 5.41 Å². The highest BCUT2D eigenvalue weighted by molar-refractivity contribution is 5.33. The topological polar surface area (TPSA) is 51.3 Å². The highest BCUT2D eigenvalue weighted by Crippen LogP contribution is 2.36. The van der Waals surface area contributed by atoms with E-state index in [1.54, 1.807) is 22.9 Å². The van der Waals surface area contributed by atoms with Crippen molar-refractivity contribution >= 4 is 5.69 Å². The fourth-order valence-electron chi connectivity index (χ4n) is 3.00. The Balaban J connectivity index is 1.88. The molecule has 2 rings (SSSR count). The van der Waals surface area contributed by atoms with E-state index in [0.717, 1.165) is 6.54 Å². The predicted molar refractivity (Wildman–Crippen MR) is 83.8 cm³/mol. The molecule has 0 aliphatic heterocycles. The van der Waals surface area contributed by atoms with Crippen LogP contribution in [0.15, 0.2) is 23.1 Å². The van der Waals surface area contributed by atoms with Crippen molar-refractivity contribution in [3.8, 4) is 0 Å². The normalized spacial score (nSPS) is 19.4. The van der Waals surface area contributed by atoms with Gasteiger partial charge in [-0.3, -0.25) is 4.79 Å². The van der Waals surface area contributed by atoms with Crippen LogP contribution in [0.3, 0.4) is 0 Å². The van der Waals surface area contributed by atoms with E-state index in [-0.39, 0.29) is 5.56 Å². The van der Waals surface area contributed by atoms with Crippen molar-refractivity contribution in [2.45, 2.75) is 52.1 Å². The molecule has 1 fully saturated rings. The number of likely N-dealkylation sites (N-methyl/N-ethyl adjacent to an activating group) is 1. The monoisotopic (exact) mass is 277 g/mol. The molecule has 0 unspecified atom stereocenters. The number of pyridine rings is 1. The molecule has 1 aliphatic rings. The minimum atomic E-state index is 0.0253. The van der Waals surface area contributed by atoms with Crippen molar-refractivity contribution < 1.29 is 0 Å². The highest BCUT2D eigenvalue weighted by atomic mass is 16.1. The molecule has 2 N–H and O–H groups in total. The van der Waals surface area contributed by atoms with Gasteiger partial charge in [0.25, 0.3) is 5.56 Å². The first-order chi connectivity index (χ1) is 9.37. The molecule has 0 saturated heterocycles. The Bertz CT molecular complexity index is 497. The Labute approximate surface area is 121 Å². The van der Waals surface area contributed by atoms with Gasteiger partial charge in [-0.05, 0) is 44.2 Å². The SMILES string of the molecule is CN(CCn1cc(N)ccc1=O)C1CCC(C)(C)CC1. The number of rotatable bonds is 4. The van der Waals surface area contributed by atoms with Gasteiger partial charge in [0, 0.05) is 37.1 Å². The maximum atomic E-state index is 11.7. The molecule has 0 atom stereocenters. The Morgan fingerprint density at radius 1 is 1.35 bits per heavy atom. The Morgan fingerprint density at radius 2 is 2.00 bits per heavy atom. The quantitative estimate of drug-likeness (QED) is 0.919. The van der Waals surface area contributed by atoms with Gasteiger partial charge >= 0.3 is 0 Å². The first-order valence-electron chi connectivity index (χ1n) is 7.54. The highest BCUT2D eigenvalue weighted by Gasteiger charge is 2.28. The minimum absolute atomic E-state index is 0.0253. The molecule has 4 heteroatoms. The first-order valence-corrected chi connectivity index (χ1v) is 7.54. The smallest absolute Gasteiger partial charge is 0.250 e. The van der Waals surface area contributed by atoms with Crippen LogP contribution in [-0.2, 0) is 6.54 Å². The summed E-state index contributed by atoms with van der Waals surface area (Å²) in [4.78, 5) is 14.1. The Morgan fingerprint density at radius 3 is 2.65 bits per heavy atom. The van der Waals surface area contributed by atoms with E-state index < -0.39 is 0 Å². The zero-order valence-electron chi connectivity index (χ0n) is 12.9. The van der Waals surface area contributed by atoms with Crippen LogP contribution in [0.1, 0.15) is 39.5 Å². The fourth-order valence-corrected chi connectivity index (χ4v) is 3.00. The molecule has 4 nitrogen and oxygen atoms in total. The number of nitrogens with zero attached hydrogens (tertiary/aromatic N) is 2. The van der Waals surface area contributed by atoms with E-state index in [1.807, 2.05) is 0 Å². The van der Waals surface area contributed by atoms with Gasteiger partial charge in [0.2, 0.25) is 0 Å². The molecule has 1 saturated carbocycles. The summed E-state index contributed by atoms with van der Waals surface area (Å²) >= 11 is 0. The molecular formula is C16H27N3O. The Hall–Kier alpha value is -1.29. The molecule has 0 radical (unpaired) electrons. The molecule has 1 aromatic heterocycles. The van der Waals surface area contributed by atoms with Gasteiger partial charge in [-0.15, -0.1) is 0 Å². The van der Waals surface area contributed by atoms with Crippen LogP contribution in [0, 0.1) is 5.41 Å². The number of nitrogens with two attached hydrogens (primary N) is 1. The summed E-state index contributed by atoms with van der Waals surface area (Å²) in [5.41, 5.74) is 6.91. The summed E-state index contributed by atoms with van der Waals surface area (Å²) in [6.45, 7) is 6.32. The Kier molecular flexibility index (Phi) is 4.53. The maximum Gasteiger partial charge on any atom is 0.250 e. The first kappa shape index (κ1) is 15.1. The van der Waals surface area contributed by atoms with Gasteiger partial charge in [-0.25, -0.2) is 0 Å². The number of anilines is 1. The third-order valence-corrected chi connectivity index (χ3v) is 4.63. The van der Waals surface area contributed by atoms with Crippen LogP contribution in [0.25, 0.3) is 0 Å². The van der Waals surface area contributed by atoms with Crippen LogP contribution < -0.4 is 11.3 Å². The molecule has 1 aliphatic carbocycles. The standard InChI is InChI=1S/C16H27N3O/c1-16(2)8-6-14(7-9-16)18(3)10-11-19-12-13(17)4-5-15(19)20/h4-5,12,14H,6-11,17H2,1-3H3. The molecule has 0 bridgehead atoms. The molecule has 112 valence electrons. The molecule has 20 heavy (non-hydrogen) atoms. The molecular weight excluding hydrogens is 250 g/mol. The van der Waals surface area contributed by atoms with E-state index in [2.05, 4.69) is 25.8 Å². The van der Waals surface area contributed by atoms with Crippen LogP contribution in [0.2, 0.25) is 0 Å². The molecule has 0 spiro atoms. The lowest BCUT2D eigenvalue weighted by atomic mass is 9.75. The van der Waals surface area contributed by atoms with E-state index >= 15 is 0 Å². The van der Waals surface area contributed by atoms with Crippen LogP contribution >= 0.6 is 0 Å². The van der Waals surface area contributed by atoms with E-state index in [9.17, 15) is 4.79 Å². The van der Waals surface area contributed by atoms with Gasteiger partial charge in [0.1, 0.15) is 0 Å². The second-order valence-corrected chi connectivity index (χ2v) is 6.87. The average molecular weight is 277 g/mol. The minimum Gasteiger partial charge on any atom is -0.398 e. The third kappa shape index (κ3) is 3.85. The number of nitrogen functional groups attached to an aromatic ring is 1. The van der Waals surface area contributed by atoms with Crippen molar-refractivity contribution in [2.75, 3.05) is 19.3 Å². The predicted octanol–water partition coefficient (Wildman–Crippen LogP) is 2.33. The van der Waals surface area contributed by atoms with Crippen molar-refractivity contribution in [1.82, 2.24) is 9.47 Å². The lowest BCUT2D eigenvalue weighted by Gasteiger charge is -2.38. The van der Waals surface area contributed by atoms with E-state index in [4.69, 9.17) is 5.73 Å². The lowest BCUT2D eigenvalue weighted by Crippen LogP contribution is -2.39. The van der Waals surface area contributed by atoms with Crippen LogP contribution in [0.5, 0.6) is 0 Å². The van der Waals surface area contributed by atoms with Crippen molar-refractivity contribution in [1.29, 1.82) is 0 Å². The van der Waals surface area contributed by atoms with Crippen LogP contribution in [0.4, 0.5) is 5.69 Å². The summed E-state index contributed by atoms with van der Waals surface area (Å²) in [6, 6.07) is 3.85. The zero-order chi connectivity index (χ0) is 14.8. The van der Waals surface area contributed by atoms with Crippen molar-refractivity contribution in [3.05, 3.63) is 28.7 Å². The number of hydrogen-bond acceptors (Lipinski definition) is 3. The number of hydrogen-bond donors (Lipinski definition) is 1. The molecule has 0 aromatic carbocycles. The van der Waals surface area contributed by atoms with Crippen LogP contribution in [-0.4, -0.2) is 29.1 Å². The summed E-state index contributed by atoms with van der Waals surface area (Å²) in [7, 11) is 2.17. The summed E-state index contributed by atoms with van der Waals surface area (Å²) < 4.78 is 1.71. The van der Waals surface area contributed by atoms with Gasteiger partial charge in [0.05, 0.1) is 0 Å². The summed E-state index contributed by atoms with van der Waals surface area (Å²) in [5.74, 6) is 0. The summed E-state index contributed by atoms with van der Waals surface area (Å²) in [5, 5.41) is 0. The van der Waals surface area contributed by atoms with Crippen molar-refractivity contribution in [3.63, 3.8) is 0 Å². The second-order valence-electron chi connectivity index (χ2n) is 6.87. The molecule has 1 aromatic rings. The zero-order valence-corrected chi connectivity index (χ0v) is 12.9. The third-order valence-electron chi connectivity index (χ3n) is 4.63. The van der Waals surface area contributed by atoms with Gasteiger partial charge in [-0.2, -0.15) is 0 Å². The van der Waals surface area contributed by atoms with Gasteiger partial charge < -0.3 is 15.2 Å².